The van der Waals surface area contributed by atoms with Gasteiger partial charge in [0.15, 0.2) is 5.69 Å². The lowest BCUT2D eigenvalue weighted by Crippen LogP contribution is -2.43. The molecule has 0 saturated carbocycles. The van der Waals surface area contributed by atoms with Crippen molar-refractivity contribution in [1.82, 2.24) is 9.55 Å². The van der Waals surface area contributed by atoms with Gasteiger partial charge in [-0.1, -0.05) is 36.5 Å². The molecule has 0 radical (unpaired) electrons. The van der Waals surface area contributed by atoms with Crippen LogP contribution < -0.4 is 21.9 Å². The van der Waals surface area contributed by atoms with Crippen LogP contribution in [0.25, 0.3) is 0 Å². The first-order valence-corrected chi connectivity index (χ1v) is 11.0. The average Bonchev–Trinajstić information content (AvgIpc) is 2.70. The summed E-state index contributed by atoms with van der Waals surface area (Å²) >= 11 is 13.3. The number of carbonyl (C=O) groups is 1. The average molecular weight is 475 g/mol. The molecule has 1 aromatic heterocycles. The Balaban J connectivity index is 2.37. The minimum atomic E-state index is -0.722. The van der Waals surface area contributed by atoms with Crippen molar-refractivity contribution in [1.29, 1.82) is 0 Å². The number of carbonyl (C=O) groups excluding carboxylic acids is 1. The van der Waals surface area contributed by atoms with Gasteiger partial charge in [0.05, 0.1) is 17.4 Å². The second-order valence-corrected chi connectivity index (χ2v) is 8.26. The summed E-state index contributed by atoms with van der Waals surface area (Å²) < 4.78 is 6.35. The maximum Gasteiger partial charge on any atom is 0.330 e. The number of thioether (sulfide) groups is 1. The summed E-state index contributed by atoms with van der Waals surface area (Å²) in [5, 5.41) is 0.959. The van der Waals surface area contributed by atoms with Gasteiger partial charge in [-0.15, -0.1) is 11.8 Å². The first-order valence-electron chi connectivity index (χ1n) is 9.29. The Kier molecular flexibility index (Phi) is 9.29. The van der Waals surface area contributed by atoms with Crippen molar-refractivity contribution in [3.8, 4) is 0 Å². The number of methoxy groups -OCH3 is 1. The highest BCUT2D eigenvalue weighted by atomic mass is 35.5. The Morgan fingerprint density at radius 2 is 2.07 bits per heavy atom. The van der Waals surface area contributed by atoms with Crippen LogP contribution >= 0.6 is 35.0 Å². The lowest BCUT2D eigenvalue weighted by molar-refractivity contribution is -0.116. The fourth-order valence-corrected chi connectivity index (χ4v) is 4.09. The number of hydrogen-bond acceptors (Lipinski definition) is 6. The molecule has 0 spiro atoms. The van der Waals surface area contributed by atoms with E-state index in [0.29, 0.717) is 27.9 Å². The standard InChI is InChI=1S/C19H24Cl2N4O4S/c1-3-4-7-25-17(22)16(18(27)23-19(25)28)24(8-9-29-2)15(26)11-30-14-10-12(20)5-6-13(14)21/h5-6,10H,3-4,7-9,11,22H2,1-2H3,(H,23,27,28). The second kappa shape index (κ2) is 11.5. The Morgan fingerprint density at radius 3 is 2.73 bits per heavy atom. The monoisotopic (exact) mass is 474 g/mol. The van der Waals surface area contributed by atoms with E-state index in [0.717, 1.165) is 6.42 Å². The summed E-state index contributed by atoms with van der Waals surface area (Å²) in [5.41, 5.74) is 4.76. The third kappa shape index (κ3) is 6.04. The number of halogens is 2. The van der Waals surface area contributed by atoms with Gasteiger partial charge in [0, 0.05) is 30.1 Å². The molecule has 0 bridgehead atoms. The summed E-state index contributed by atoms with van der Waals surface area (Å²) in [7, 11) is 1.49. The lowest BCUT2D eigenvalue weighted by Gasteiger charge is -2.24. The van der Waals surface area contributed by atoms with E-state index in [1.807, 2.05) is 6.92 Å². The van der Waals surface area contributed by atoms with Gasteiger partial charge >= 0.3 is 5.69 Å². The molecule has 0 aliphatic carbocycles. The predicted molar refractivity (Wildman–Crippen MR) is 122 cm³/mol. The number of H-pyrrole nitrogens is 1. The molecule has 1 heterocycles. The van der Waals surface area contributed by atoms with Crippen LogP contribution in [-0.2, 0) is 16.1 Å². The Bertz CT molecular complexity index is 1010. The highest BCUT2D eigenvalue weighted by molar-refractivity contribution is 8.00. The van der Waals surface area contributed by atoms with Gasteiger partial charge in [-0.3, -0.25) is 19.1 Å². The number of nitrogen functional groups attached to an aromatic ring is 1. The first-order chi connectivity index (χ1) is 14.3. The number of aromatic nitrogens is 2. The van der Waals surface area contributed by atoms with Crippen LogP contribution in [0.2, 0.25) is 10.0 Å². The first kappa shape index (κ1) is 24.3. The van der Waals surface area contributed by atoms with Crippen LogP contribution in [0.15, 0.2) is 32.7 Å². The van der Waals surface area contributed by atoms with Crippen molar-refractivity contribution < 1.29 is 9.53 Å². The molecule has 0 atom stereocenters. The molecular formula is C19H24Cl2N4O4S. The van der Waals surface area contributed by atoms with Crippen LogP contribution in [0.5, 0.6) is 0 Å². The molecule has 11 heteroatoms. The predicted octanol–water partition coefficient (Wildman–Crippen LogP) is 3.00. The Hall–Kier alpha value is -1.94. The Labute approximate surface area is 188 Å². The second-order valence-electron chi connectivity index (χ2n) is 6.40. The lowest BCUT2D eigenvalue weighted by atomic mass is 10.3. The summed E-state index contributed by atoms with van der Waals surface area (Å²) in [4.78, 5) is 41.9. The maximum absolute atomic E-state index is 13.0. The normalized spacial score (nSPS) is 10.9. The van der Waals surface area contributed by atoms with E-state index in [1.165, 1.54) is 28.3 Å². The highest BCUT2D eigenvalue weighted by Gasteiger charge is 2.24. The number of aromatic amines is 1. The quantitative estimate of drug-likeness (QED) is 0.512. The number of unbranched alkanes of at least 4 members (excludes halogenated alkanes) is 1. The van der Waals surface area contributed by atoms with Gasteiger partial charge in [-0.05, 0) is 24.6 Å². The molecular weight excluding hydrogens is 451 g/mol. The molecule has 164 valence electrons. The molecule has 3 N–H and O–H groups in total. The van der Waals surface area contributed by atoms with E-state index >= 15 is 0 Å². The molecule has 8 nitrogen and oxygen atoms in total. The van der Waals surface area contributed by atoms with Gasteiger partial charge in [-0.25, -0.2) is 4.79 Å². The van der Waals surface area contributed by atoms with Gasteiger partial charge in [-0.2, -0.15) is 0 Å². The van der Waals surface area contributed by atoms with E-state index in [9.17, 15) is 14.4 Å². The summed E-state index contributed by atoms with van der Waals surface area (Å²) in [5.74, 6) is -0.449. The Morgan fingerprint density at radius 1 is 1.33 bits per heavy atom. The van der Waals surface area contributed by atoms with Crippen molar-refractivity contribution in [3.05, 3.63) is 49.1 Å². The maximum atomic E-state index is 13.0. The van der Waals surface area contributed by atoms with Crippen molar-refractivity contribution in [2.45, 2.75) is 31.2 Å². The zero-order valence-electron chi connectivity index (χ0n) is 16.7. The number of hydrogen-bond donors (Lipinski definition) is 2. The summed E-state index contributed by atoms with van der Waals surface area (Å²) in [6, 6.07) is 4.96. The van der Waals surface area contributed by atoms with Crippen LogP contribution in [-0.4, -0.2) is 41.5 Å². The highest BCUT2D eigenvalue weighted by Crippen LogP contribution is 2.30. The van der Waals surface area contributed by atoms with E-state index in [-0.39, 0.29) is 36.3 Å². The number of amides is 1. The topological polar surface area (TPSA) is 110 Å². The van der Waals surface area contributed by atoms with Crippen molar-refractivity contribution >= 4 is 52.4 Å². The zero-order chi connectivity index (χ0) is 22.3. The summed E-state index contributed by atoms with van der Waals surface area (Å²) in [6.07, 6.45) is 1.54. The fraction of sp³-hybridized carbons (Fsp3) is 0.421. The zero-order valence-corrected chi connectivity index (χ0v) is 19.1. The van der Waals surface area contributed by atoms with Crippen LogP contribution in [0.4, 0.5) is 11.5 Å². The molecule has 2 aromatic rings. The molecule has 0 aliphatic rings. The number of ether oxygens (including phenoxy) is 1. The minimum Gasteiger partial charge on any atom is -0.383 e. The molecule has 0 fully saturated rings. The van der Waals surface area contributed by atoms with E-state index in [1.54, 1.807) is 18.2 Å². The minimum absolute atomic E-state index is 0.0171. The van der Waals surface area contributed by atoms with Crippen LogP contribution in [0.3, 0.4) is 0 Å². The van der Waals surface area contributed by atoms with Gasteiger partial charge in [0.1, 0.15) is 5.82 Å². The smallest absolute Gasteiger partial charge is 0.330 e. The van der Waals surface area contributed by atoms with Crippen LogP contribution in [0.1, 0.15) is 19.8 Å². The molecule has 0 saturated heterocycles. The number of nitrogens with two attached hydrogens (primary N) is 1. The number of nitrogens with zero attached hydrogens (tertiary/aromatic N) is 2. The molecule has 1 aromatic carbocycles. The van der Waals surface area contributed by atoms with Crippen molar-refractivity contribution in [3.63, 3.8) is 0 Å². The van der Waals surface area contributed by atoms with Crippen molar-refractivity contribution in [2.75, 3.05) is 36.6 Å². The van der Waals surface area contributed by atoms with E-state index < -0.39 is 11.2 Å². The third-order valence-corrected chi connectivity index (χ3v) is 6.00. The molecule has 30 heavy (non-hydrogen) atoms. The summed E-state index contributed by atoms with van der Waals surface area (Å²) in [6.45, 7) is 2.59. The van der Waals surface area contributed by atoms with Gasteiger partial charge in [0.2, 0.25) is 5.91 Å². The van der Waals surface area contributed by atoms with E-state index in [2.05, 4.69) is 4.98 Å². The number of benzene rings is 1. The molecule has 0 unspecified atom stereocenters. The molecule has 2 rings (SSSR count). The van der Waals surface area contributed by atoms with Crippen LogP contribution in [0, 0.1) is 0 Å². The fourth-order valence-electron chi connectivity index (χ4n) is 2.73. The van der Waals surface area contributed by atoms with Gasteiger partial charge < -0.3 is 15.4 Å². The van der Waals surface area contributed by atoms with Crippen molar-refractivity contribution in [2.24, 2.45) is 0 Å². The SMILES string of the molecule is CCCCn1c(N)c(N(CCOC)C(=O)CSc2cc(Cl)ccc2Cl)c(=O)[nH]c1=O. The largest absolute Gasteiger partial charge is 0.383 e. The number of rotatable bonds is 10. The van der Waals surface area contributed by atoms with E-state index in [4.69, 9.17) is 33.7 Å². The number of nitrogens with one attached hydrogen (secondary N) is 1. The van der Waals surface area contributed by atoms with Gasteiger partial charge in [0.25, 0.3) is 5.56 Å². The number of anilines is 2. The third-order valence-electron chi connectivity index (χ3n) is 4.28. The molecule has 1 amide bonds. The molecule has 0 aliphatic heterocycles.